The van der Waals surface area contributed by atoms with E-state index in [1.807, 2.05) is 12.1 Å². The maximum atomic E-state index is 9.48. The van der Waals surface area contributed by atoms with Crippen LogP contribution in [0.15, 0.2) is 24.3 Å². The highest BCUT2D eigenvalue weighted by molar-refractivity contribution is 5.74. The average Bonchev–Trinajstić information content (AvgIpc) is 2.80. The molecule has 0 aliphatic carbocycles. The molecule has 0 fully saturated rings. The van der Waals surface area contributed by atoms with Gasteiger partial charge in [-0.25, -0.2) is 29.9 Å². The quantitative estimate of drug-likeness (QED) is 0.654. The summed E-state index contributed by atoms with van der Waals surface area (Å²) in [5, 5.41) is 37.7. The number of hydrogen-bond acceptors (Lipinski definition) is 4. The van der Waals surface area contributed by atoms with Gasteiger partial charge in [-0.1, -0.05) is 0 Å². The summed E-state index contributed by atoms with van der Waals surface area (Å²) >= 11 is 0. The molecule has 0 saturated heterocycles. The van der Waals surface area contributed by atoms with Crippen molar-refractivity contribution in [3.8, 4) is 24.3 Å². The van der Waals surface area contributed by atoms with Crippen LogP contribution in [0.2, 0.25) is 0 Å². The van der Waals surface area contributed by atoms with E-state index in [2.05, 4.69) is 19.4 Å². The van der Waals surface area contributed by atoms with Crippen molar-refractivity contribution in [3.63, 3.8) is 0 Å². The molecule has 0 unspecified atom stereocenters. The maximum Gasteiger partial charge on any atom is 0.260 e. The Labute approximate surface area is 170 Å². The van der Waals surface area contributed by atoms with E-state index in [0.717, 1.165) is 0 Å². The first-order valence-electron chi connectivity index (χ1n) is 7.74. The molecule has 132 valence electrons. The minimum Gasteiger partial charge on any atom is -0.239 e. The standard InChI is InChI=1S/C22H4N8/c1-27-17-7-13(5-15(9-23)21(17)19(11-25)29-3)14-6-16(10-24)22(18(8-14)28-2)20(12-26)30-4/h5-8H/b14-13-,21-19-,22-20-. The Bertz CT molecular complexity index is 1430. The number of hydrogen-bond donors (Lipinski definition) is 0. The molecule has 0 aliphatic heterocycles. The van der Waals surface area contributed by atoms with Crippen LogP contribution in [0, 0.1) is 82.1 Å². The van der Waals surface area contributed by atoms with E-state index < -0.39 is 11.4 Å². The van der Waals surface area contributed by atoms with Gasteiger partial charge >= 0.3 is 0 Å². The zero-order valence-electron chi connectivity index (χ0n) is 14.9. The lowest BCUT2D eigenvalue weighted by Gasteiger charge is -2.01. The number of nitriles is 4. The predicted octanol–water partition coefficient (Wildman–Crippen LogP) is 2.92. The van der Waals surface area contributed by atoms with Crippen molar-refractivity contribution in [1.82, 2.24) is 0 Å². The van der Waals surface area contributed by atoms with Gasteiger partial charge in [-0.05, 0) is 34.7 Å². The predicted molar refractivity (Wildman–Crippen MR) is 103 cm³/mol. The SMILES string of the molecule is [C-]#[N+]/C(C#N)=c1/c(C#N)c/c(=c2\cc(C#N)/c(=C(\C#N)[N+]#[C-])c([N+]#[C-])c2)cc1[N+]#[C-]. The van der Waals surface area contributed by atoms with Crippen molar-refractivity contribution in [2.24, 2.45) is 0 Å². The molecule has 0 aliphatic rings. The molecule has 0 aromatic heterocycles. The fourth-order valence-electron chi connectivity index (χ4n) is 2.71. The van der Waals surface area contributed by atoms with Crippen LogP contribution in [0.5, 0.6) is 0 Å². The monoisotopic (exact) mass is 380 g/mol. The first-order valence-corrected chi connectivity index (χ1v) is 7.74. The van der Waals surface area contributed by atoms with Gasteiger partial charge in [0.15, 0.2) is 11.4 Å². The molecule has 2 aromatic rings. The van der Waals surface area contributed by atoms with E-state index in [4.69, 9.17) is 36.8 Å². The Morgan fingerprint density at radius 2 is 1.00 bits per heavy atom. The van der Waals surface area contributed by atoms with Crippen molar-refractivity contribution >= 4 is 22.8 Å². The third kappa shape index (κ3) is 3.36. The summed E-state index contributed by atoms with van der Waals surface area (Å²) in [5.74, 6) is 0. The van der Waals surface area contributed by atoms with Crippen LogP contribution in [0.3, 0.4) is 0 Å². The van der Waals surface area contributed by atoms with Gasteiger partial charge in [0.1, 0.15) is 0 Å². The van der Waals surface area contributed by atoms with Crippen LogP contribution in [0.1, 0.15) is 11.1 Å². The third-order valence-corrected chi connectivity index (χ3v) is 3.96. The number of benzene rings is 2. The summed E-state index contributed by atoms with van der Waals surface area (Å²) in [5.41, 5.74) is -1.16. The van der Waals surface area contributed by atoms with Crippen LogP contribution in [0.25, 0.3) is 30.8 Å². The van der Waals surface area contributed by atoms with Crippen molar-refractivity contribution in [3.05, 3.63) is 102 Å². The molecule has 30 heavy (non-hydrogen) atoms. The van der Waals surface area contributed by atoms with Crippen molar-refractivity contribution in [2.75, 3.05) is 0 Å². The zero-order chi connectivity index (χ0) is 22.3. The lowest BCUT2D eigenvalue weighted by Crippen LogP contribution is -2.11. The minimum absolute atomic E-state index is 0.0793. The van der Waals surface area contributed by atoms with Crippen LogP contribution in [0.4, 0.5) is 11.4 Å². The number of nitrogens with zero attached hydrogens (tertiary/aromatic N) is 8. The Morgan fingerprint density at radius 3 is 1.23 bits per heavy atom. The Morgan fingerprint density at radius 1 is 0.633 bits per heavy atom. The zero-order valence-corrected chi connectivity index (χ0v) is 14.9. The molecule has 0 saturated carbocycles. The van der Waals surface area contributed by atoms with Gasteiger partial charge in [-0.15, -0.1) is 0 Å². The summed E-state index contributed by atoms with van der Waals surface area (Å²) in [6.07, 6.45) is 0. The van der Waals surface area contributed by atoms with Crippen LogP contribution in [-0.2, 0) is 0 Å². The topological polar surface area (TPSA) is 113 Å². The lowest BCUT2D eigenvalue weighted by atomic mass is 10.0. The molecular weight excluding hydrogens is 376 g/mol. The molecule has 0 bridgehead atoms. The van der Waals surface area contributed by atoms with E-state index in [1.54, 1.807) is 12.1 Å². The highest BCUT2D eigenvalue weighted by Crippen LogP contribution is 2.16. The van der Waals surface area contributed by atoms with Gasteiger partial charge in [0.2, 0.25) is 0 Å². The molecule has 2 aromatic carbocycles. The Hall–Kier alpha value is -5.90. The van der Waals surface area contributed by atoms with Crippen molar-refractivity contribution in [1.29, 1.82) is 21.0 Å². The van der Waals surface area contributed by atoms with E-state index in [1.165, 1.54) is 24.3 Å². The summed E-state index contributed by atoms with van der Waals surface area (Å²) in [6, 6.07) is 12.5. The van der Waals surface area contributed by atoms with Gasteiger partial charge in [0.05, 0.1) is 50.6 Å². The summed E-state index contributed by atoms with van der Waals surface area (Å²) in [7, 11) is 0. The minimum atomic E-state index is -0.399. The molecule has 0 radical (unpaired) electrons. The second kappa shape index (κ2) is 8.66. The van der Waals surface area contributed by atoms with Gasteiger partial charge in [0.25, 0.3) is 11.4 Å². The van der Waals surface area contributed by atoms with Crippen LogP contribution in [-0.4, -0.2) is 0 Å². The Kier molecular flexibility index (Phi) is 5.89. The molecule has 8 nitrogen and oxygen atoms in total. The fourth-order valence-corrected chi connectivity index (χ4v) is 2.71. The van der Waals surface area contributed by atoms with Gasteiger partial charge in [-0.2, -0.15) is 10.5 Å². The Balaban J connectivity index is 3.33. The molecule has 0 N–H and O–H groups in total. The second-order valence-electron chi connectivity index (χ2n) is 5.43. The summed E-state index contributed by atoms with van der Waals surface area (Å²) in [4.78, 5) is 12.8. The van der Waals surface area contributed by atoms with E-state index in [0.29, 0.717) is 10.4 Å². The normalized spacial score (nSPS) is 12.0. The van der Waals surface area contributed by atoms with E-state index >= 15 is 0 Å². The van der Waals surface area contributed by atoms with E-state index in [9.17, 15) is 10.5 Å². The maximum absolute atomic E-state index is 9.48. The highest BCUT2D eigenvalue weighted by Gasteiger charge is 2.11. The van der Waals surface area contributed by atoms with Crippen LogP contribution < -0.4 is 10.4 Å². The molecule has 0 spiro atoms. The molecule has 8 heteroatoms. The number of rotatable bonds is 0. The van der Waals surface area contributed by atoms with Gasteiger partial charge in [0, 0.05) is 21.6 Å². The molecule has 0 heterocycles. The van der Waals surface area contributed by atoms with Crippen molar-refractivity contribution in [2.45, 2.75) is 0 Å². The second-order valence-corrected chi connectivity index (χ2v) is 5.43. The average molecular weight is 380 g/mol. The highest BCUT2D eigenvalue weighted by atomic mass is 14.7. The fraction of sp³-hybridized carbons (Fsp3) is 0. The van der Waals surface area contributed by atoms with Gasteiger partial charge < -0.3 is 0 Å². The lowest BCUT2D eigenvalue weighted by molar-refractivity contribution is 1.38. The largest absolute Gasteiger partial charge is 0.260 e. The van der Waals surface area contributed by atoms with Crippen LogP contribution >= 0.6 is 0 Å². The molecule has 2 rings (SSSR count). The smallest absolute Gasteiger partial charge is 0.239 e. The van der Waals surface area contributed by atoms with Crippen molar-refractivity contribution < 1.29 is 0 Å². The summed E-state index contributed by atoms with van der Waals surface area (Å²) in [6.45, 7) is 28.9. The molecule has 0 atom stereocenters. The van der Waals surface area contributed by atoms with Gasteiger partial charge in [-0.3, -0.25) is 0 Å². The molecule has 0 amide bonds. The third-order valence-electron chi connectivity index (χ3n) is 3.96. The summed E-state index contributed by atoms with van der Waals surface area (Å²) < 4.78 is 0. The first-order chi connectivity index (χ1) is 14.5. The van der Waals surface area contributed by atoms with E-state index in [-0.39, 0.29) is 32.9 Å². The molecular formula is C22H4N8. The first kappa shape index (κ1) is 20.4.